The fraction of sp³-hybridized carbons (Fsp3) is 0.308. The summed E-state index contributed by atoms with van der Waals surface area (Å²) in [5.41, 5.74) is 0.684. The van der Waals surface area contributed by atoms with Gasteiger partial charge in [-0.15, -0.1) is 11.3 Å². The Morgan fingerprint density at radius 2 is 2.33 bits per heavy atom. The summed E-state index contributed by atoms with van der Waals surface area (Å²) in [6, 6.07) is 3.69. The first-order chi connectivity index (χ1) is 8.66. The van der Waals surface area contributed by atoms with E-state index in [4.69, 9.17) is 0 Å². The SMILES string of the molecule is Cc1cnc(=O)n(CCCC(=O)c2cccs2)c1. The lowest BCUT2D eigenvalue weighted by Crippen LogP contribution is -2.22. The third-order valence-corrected chi connectivity index (χ3v) is 3.49. The first kappa shape index (κ1) is 12.7. The monoisotopic (exact) mass is 262 g/mol. The lowest BCUT2D eigenvalue weighted by atomic mass is 10.2. The molecule has 18 heavy (non-hydrogen) atoms. The van der Waals surface area contributed by atoms with Crippen molar-refractivity contribution in [3.63, 3.8) is 0 Å². The highest BCUT2D eigenvalue weighted by Crippen LogP contribution is 2.12. The molecule has 0 bridgehead atoms. The molecule has 0 atom stereocenters. The number of ketones is 1. The topological polar surface area (TPSA) is 52.0 Å². The largest absolute Gasteiger partial charge is 0.347 e. The maximum Gasteiger partial charge on any atom is 0.347 e. The van der Waals surface area contributed by atoms with Crippen LogP contribution < -0.4 is 5.69 Å². The zero-order chi connectivity index (χ0) is 13.0. The van der Waals surface area contributed by atoms with Crippen LogP contribution in [0.5, 0.6) is 0 Å². The number of hydrogen-bond donors (Lipinski definition) is 0. The van der Waals surface area contributed by atoms with Crippen molar-refractivity contribution < 1.29 is 4.79 Å². The van der Waals surface area contributed by atoms with E-state index in [0.717, 1.165) is 10.4 Å². The van der Waals surface area contributed by atoms with Gasteiger partial charge < -0.3 is 0 Å². The van der Waals surface area contributed by atoms with Crippen molar-refractivity contribution in [1.29, 1.82) is 0 Å². The van der Waals surface area contributed by atoms with Crippen LogP contribution in [0.1, 0.15) is 28.1 Å². The highest BCUT2D eigenvalue weighted by atomic mass is 32.1. The van der Waals surface area contributed by atoms with E-state index in [2.05, 4.69) is 4.98 Å². The molecule has 0 amide bonds. The minimum absolute atomic E-state index is 0.138. The van der Waals surface area contributed by atoms with E-state index in [9.17, 15) is 9.59 Å². The van der Waals surface area contributed by atoms with Gasteiger partial charge in [0.15, 0.2) is 5.78 Å². The molecular weight excluding hydrogens is 248 g/mol. The van der Waals surface area contributed by atoms with E-state index in [-0.39, 0.29) is 11.5 Å². The second-order valence-corrected chi connectivity index (χ2v) is 5.06. The number of aryl methyl sites for hydroxylation is 2. The second kappa shape index (κ2) is 5.73. The van der Waals surface area contributed by atoms with E-state index >= 15 is 0 Å². The molecule has 0 aliphatic carbocycles. The highest BCUT2D eigenvalue weighted by Gasteiger charge is 2.06. The summed E-state index contributed by atoms with van der Waals surface area (Å²) in [7, 11) is 0. The summed E-state index contributed by atoms with van der Waals surface area (Å²) in [6.45, 7) is 2.42. The molecule has 0 unspecified atom stereocenters. The van der Waals surface area contributed by atoms with Gasteiger partial charge in [0, 0.05) is 25.4 Å². The summed E-state index contributed by atoms with van der Waals surface area (Å²) in [6.07, 6.45) is 4.43. The van der Waals surface area contributed by atoms with Gasteiger partial charge in [-0.2, -0.15) is 0 Å². The van der Waals surface area contributed by atoms with Crippen molar-refractivity contribution in [3.05, 3.63) is 50.8 Å². The Bertz CT molecular complexity index is 587. The number of aromatic nitrogens is 2. The minimum Gasteiger partial charge on any atom is -0.299 e. The van der Waals surface area contributed by atoms with Crippen LogP contribution in [0, 0.1) is 6.92 Å². The first-order valence-corrected chi connectivity index (χ1v) is 6.64. The van der Waals surface area contributed by atoms with Crippen LogP contribution >= 0.6 is 11.3 Å². The van der Waals surface area contributed by atoms with Gasteiger partial charge in [-0.1, -0.05) is 6.07 Å². The van der Waals surface area contributed by atoms with E-state index in [1.165, 1.54) is 11.3 Å². The smallest absolute Gasteiger partial charge is 0.299 e. The van der Waals surface area contributed by atoms with Crippen LogP contribution in [0.4, 0.5) is 0 Å². The summed E-state index contributed by atoms with van der Waals surface area (Å²) in [5.74, 6) is 0.138. The molecule has 0 aliphatic heterocycles. The molecule has 0 radical (unpaired) electrons. The number of hydrogen-bond acceptors (Lipinski definition) is 4. The number of nitrogens with zero attached hydrogens (tertiary/aromatic N) is 2. The number of Topliss-reactive ketones (excluding diaryl/α,β-unsaturated/α-hetero) is 1. The molecule has 0 spiro atoms. The molecule has 2 aromatic rings. The van der Waals surface area contributed by atoms with Gasteiger partial charge in [-0.25, -0.2) is 9.78 Å². The Balaban J connectivity index is 1.91. The Hall–Kier alpha value is -1.75. The van der Waals surface area contributed by atoms with E-state index < -0.39 is 0 Å². The van der Waals surface area contributed by atoms with Gasteiger partial charge in [0.25, 0.3) is 0 Å². The van der Waals surface area contributed by atoms with E-state index in [1.54, 1.807) is 17.0 Å². The molecule has 94 valence electrons. The van der Waals surface area contributed by atoms with Crippen molar-refractivity contribution in [3.8, 4) is 0 Å². The van der Waals surface area contributed by atoms with Crippen LogP contribution in [-0.4, -0.2) is 15.3 Å². The average molecular weight is 262 g/mol. The predicted octanol–water partition coefficient (Wildman–Crippen LogP) is 2.28. The molecule has 0 N–H and O–H groups in total. The fourth-order valence-corrected chi connectivity index (χ4v) is 2.39. The Kier molecular flexibility index (Phi) is 4.04. The quantitative estimate of drug-likeness (QED) is 0.777. The van der Waals surface area contributed by atoms with Crippen LogP contribution in [0.15, 0.2) is 34.7 Å². The second-order valence-electron chi connectivity index (χ2n) is 4.11. The standard InChI is InChI=1S/C13H14N2O2S/c1-10-8-14-13(17)15(9-10)6-2-4-11(16)12-5-3-7-18-12/h3,5,7-9H,2,4,6H2,1H3. The zero-order valence-electron chi connectivity index (χ0n) is 10.1. The molecule has 0 fully saturated rings. The van der Waals surface area contributed by atoms with Gasteiger partial charge in [-0.3, -0.25) is 9.36 Å². The fourth-order valence-electron chi connectivity index (χ4n) is 1.70. The van der Waals surface area contributed by atoms with Gasteiger partial charge in [0.1, 0.15) is 0 Å². The van der Waals surface area contributed by atoms with Crippen molar-refractivity contribution >= 4 is 17.1 Å². The van der Waals surface area contributed by atoms with Crippen molar-refractivity contribution in [2.24, 2.45) is 0 Å². The summed E-state index contributed by atoms with van der Waals surface area (Å²) in [5, 5.41) is 1.89. The lowest BCUT2D eigenvalue weighted by Gasteiger charge is -2.04. The van der Waals surface area contributed by atoms with Crippen LogP contribution in [0.3, 0.4) is 0 Å². The van der Waals surface area contributed by atoms with Crippen molar-refractivity contribution in [2.45, 2.75) is 26.3 Å². The average Bonchev–Trinajstić information content (AvgIpc) is 2.87. The van der Waals surface area contributed by atoms with Crippen LogP contribution in [-0.2, 0) is 6.54 Å². The van der Waals surface area contributed by atoms with Crippen LogP contribution in [0.2, 0.25) is 0 Å². The van der Waals surface area contributed by atoms with Gasteiger partial charge >= 0.3 is 5.69 Å². The molecule has 0 aliphatic rings. The van der Waals surface area contributed by atoms with Gasteiger partial charge in [0.05, 0.1) is 4.88 Å². The van der Waals surface area contributed by atoms with Crippen LogP contribution in [0.25, 0.3) is 0 Å². The van der Waals surface area contributed by atoms with Gasteiger partial charge in [-0.05, 0) is 30.4 Å². The molecular formula is C13H14N2O2S. The molecule has 5 heteroatoms. The lowest BCUT2D eigenvalue weighted by molar-refractivity contribution is 0.0982. The molecule has 0 saturated carbocycles. The predicted molar refractivity (Wildman–Crippen MR) is 71.1 cm³/mol. The normalized spacial score (nSPS) is 10.5. The summed E-state index contributed by atoms with van der Waals surface area (Å²) < 4.78 is 1.55. The number of rotatable bonds is 5. The van der Waals surface area contributed by atoms with E-state index in [1.807, 2.05) is 24.4 Å². The molecule has 0 saturated heterocycles. The minimum atomic E-state index is -0.260. The van der Waals surface area contributed by atoms with Crippen molar-refractivity contribution in [2.75, 3.05) is 0 Å². The van der Waals surface area contributed by atoms with Crippen molar-refractivity contribution in [1.82, 2.24) is 9.55 Å². The Labute approximate surface area is 109 Å². The maximum atomic E-state index is 11.8. The molecule has 2 rings (SSSR count). The number of carbonyl (C=O) groups is 1. The zero-order valence-corrected chi connectivity index (χ0v) is 10.9. The molecule has 2 aromatic heterocycles. The summed E-state index contributed by atoms with van der Waals surface area (Å²) in [4.78, 5) is 27.7. The summed E-state index contributed by atoms with van der Waals surface area (Å²) >= 11 is 1.45. The molecule has 4 nitrogen and oxygen atoms in total. The molecule has 0 aromatic carbocycles. The third kappa shape index (κ3) is 3.13. The highest BCUT2D eigenvalue weighted by molar-refractivity contribution is 7.12. The number of carbonyl (C=O) groups excluding carboxylic acids is 1. The Morgan fingerprint density at radius 1 is 1.50 bits per heavy atom. The third-order valence-electron chi connectivity index (χ3n) is 2.58. The van der Waals surface area contributed by atoms with Gasteiger partial charge in [0.2, 0.25) is 0 Å². The Morgan fingerprint density at radius 3 is 3.06 bits per heavy atom. The first-order valence-electron chi connectivity index (χ1n) is 5.76. The number of thiophene rings is 1. The molecule has 2 heterocycles. The van der Waals surface area contributed by atoms with E-state index in [0.29, 0.717) is 19.4 Å². The maximum absolute atomic E-state index is 11.8.